The van der Waals surface area contributed by atoms with E-state index in [9.17, 15) is 0 Å². The van der Waals surface area contributed by atoms with Crippen LogP contribution in [-0.2, 0) is 0 Å². The molecule has 3 heteroatoms. The van der Waals surface area contributed by atoms with Crippen molar-refractivity contribution in [3.8, 4) is 6.07 Å². The zero-order valence-electron chi connectivity index (χ0n) is 10.2. The molecule has 15 heavy (non-hydrogen) atoms. The van der Waals surface area contributed by atoms with Crippen molar-refractivity contribution in [2.45, 2.75) is 39.7 Å². The first-order chi connectivity index (χ1) is 7.03. The van der Waals surface area contributed by atoms with Gasteiger partial charge in [-0.2, -0.15) is 5.26 Å². The van der Waals surface area contributed by atoms with Crippen LogP contribution >= 0.6 is 0 Å². The smallest absolute Gasteiger partial charge is 0.0683 e. The quantitative estimate of drug-likeness (QED) is 0.764. The third-order valence-corrected chi connectivity index (χ3v) is 3.03. The highest BCUT2D eigenvalue weighted by atomic mass is 15.2. The monoisotopic (exact) mass is 209 g/mol. The van der Waals surface area contributed by atoms with Crippen LogP contribution in [0.2, 0.25) is 0 Å². The van der Waals surface area contributed by atoms with E-state index in [2.05, 4.69) is 23.2 Å². The Morgan fingerprint density at radius 1 is 1.53 bits per heavy atom. The largest absolute Gasteiger partial charge is 0.312 e. The normalized spacial score (nSPS) is 23.7. The van der Waals surface area contributed by atoms with Crippen molar-refractivity contribution < 1.29 is 0 Å². The second-order valence-electron chi connectivity index (χ2n) is 5.26. The van der Waals surface area contributed by atoms with E-state index >= 15 is 0 Å². The van der Waals surface area contributed by atoms with Crippen LogP contribution in [-0.4, -0.2) is 37.1 Å². The molecule has 1 heterocycles. The van der Waals surface area contributed by atoms with Crippen LogP contribution in [0.3, 0.4) is 0 Å². The van der Waals surface area contributed by atoms with Gasteiger partial charge in [0, 0.05) is 25.7 Å². The van der Waals surface area contributed by atoms with E-state index in [-0.39, 0.29) is 5.41 Å². The van der Waals surface area contributed by atoms with Gasteiger partial charge < -0.3 is 10.2 Å². The van der Waals surface area contributed by atoms with Crippen molar-refractivity contribution in [1.29, 1.82) is 5.26 Å². The van der Waals surface area contributed by atoms with Gasteiger partial charge in [0.25, 0.3) is 0 Å². The van der Waals surface area contributed by atoms with E-state index in [0.717, 1.165) is 39.0 Å². The summed E-state index contributed by atoms with van der Waals surface area (Å²) in [5.74, 6) is 0. The maximum Gasteiger partial charge on any atom is 0.0683 e. The minimum absolute atomic E-state index is 0.153. The predicted octanol–water partition coefficient (Wildman–Crippen LogP) is 1.61. The highest BCUT2D eigenvalue weighted by Gasteiger charge is 2.18. The maximum absolute atomic E-state index is 8.90. The molecule has 0 aliphatic carbocycles. The van der Waals surface area contributed by atoms with Gasteiger partial charge in [-0.25, -0.2) is 0 Å². The lowest BCUT2D eigenvalue weighted by atomic mass is 9.90. The average molecular weight is 209 g/mol. The molecule has 1 aliphatic rings. The summed E-state index contributed by atoms with van der Waals surface area (Å²) in [6.45, 7) is 10.8. The van der Waals surface area contributed by atoms with Gasteiger partial charge in [0.2, 0.25) is 0 Å². The first kappa shape index (κ1) is 12.5. The van der Waals surface area contributed by atoms with E-state index in [1.54, 1.807) is 0 Å². The topological polar surface area (TPSA) is 39.1 Å². The van der Waals surface area contributed by atoms with E-state index in [0.29, 0.717) is 6.04 Å². The van der Waals surface area contributed by atoms with E-state index in [4.69, 9.17) is 5.26 Å². The fourth-order valence-corrected chi connectivity index (χ4v) is 2.02. The molecule has 0 spiro atoms. The molecular formula is C12H23N3. The summed E-state index contributed by atoms with van der Waals surface area (Å²) >= 11 is 0. The second-order valence-corrected chi connectivity index (χ2v) is 5.26. The van der Waals surface area contributed by atoms with Crippen molar-refractivity contribution in [2.24, 2.45) is 5.41 Å². The number of rotatable bonds is 4. The number of nitriles is 1. The standard InChI is InChI=1S/C12H23N3/c1-11-9-15(8-6-14-11)7-4-5-12(2,3)10-13/h11,14H,4-9H2,1-3H3/t11-/m0/s1. The SMILES string of the molecule is C[C@H]1CN(CCCC(C)(C)C#N)CCN1. The van der Waals surface area contributed by atoms with E-state index < -0.39 is 0 Å². The molecule has 0 aromatic heterocycles. The lowest BCUT2D eigenvalue weighted by Crippen LogP contribution is -2.49. The number of hydrogen-bond acceptors (Lipinski definition) is 3. The third kappa shape index (κ3) is 4.63. The lowest BCUT2D eigenvalue weighted by molar-refractivity contribution is 0.198. The van der Waals surface area contributed by atoms with Gasteiger partial charge in [0.1, 0.15) is 0 Å². The molecular weight excluding hydrogens is 186 g/mol. The zero-order chi connectivity index (χ0) is 11.3. The third-order valence-electron chi connectivity index (χ3n) is 3.03. The Morgan fingerprint density at radius 2 is 2.27 bits per heavy atom. The molecule has 0 aromatic rings. The van der Waals surface area contributed by atoms with Crippen LogP contribution in [0.1, 0.15) is 33.6 Å². The molecule has 1 fully saturated rings. The van der Waals surface area contributed by atoms with Gasteiger partial charge >= 0.3 is 0 Å². The molecule has 1 N–H and O–H groups in total. The highest BCUT2D eigenvalue weighted by molar-refractivity contribution is 4.91. The molecule has 1 aliphatic heterocycles. The van der Waals surface area contributed by atoms with Crippen LogP contribution in [0.4, 0.5) is 0 Å². The number of hydrogen-bond donors (Lipinski definition) is 1. The molecule has 3 nitrogen and oxygen atoms in total. The second kappa shape index (κ2) is 5.48. The predicted molar refractivity (Wildman–Crippen MR) is 62.5 cm³/mol. The average Bonchev–Trinajstić information content (AvgIpc) is 2.18. The molecule has 1 saturated heterocycles. The molecule has 0 unspecified atom stereocenters. The van der Waals surface area contributed by atoms with Gasteiger partial charge in [0.15, 0.2) is 0 Å². The summed E-state index contributed by atoms with van der Waals surface area (Å²) in [6, 6.07) is 2.97. The minimum atomic E-state index is -0.153. The first-order valence-corrected chi connectivity index (χ1v) is 5.90. The van der Waals surface area contributed by atoms with Crippen LogP contribution in [0.5, 0.6) is 0 Å². The fraction of sp³-hybridized carbons (Fsp3) is 0.917. The summed E-state index contributed by atoms with van der Waals surface area (Å²) in [5, 5.41) is 12.3. The Hall–Kier alpha value is -0.590. The summed E-state index contributed by atoms with van der Waals surface area (Å²) in [4.78, 5) is 2.49. The Morgan fingerprint density at radius 3 is 2.87 bits per heavy atom. The maximum atomic E-state index is 8.90. The number of nitrogens with one attached hydrogen (secondary N) is 1. The summed E-state index contributed by atoms with van der Waals surface area (Å²) < 4.78 is 0. The molecule has 0 bridgehead atoms. The zero-order valence-corrected chi connectivity index (χ0v) is 10.2. The van der Waals surface area contributed by atoms with Gasteiger partial charge in [-0.05, 0) is 40.2 Å². The number of piperazine rings is 1. The van der Waals surface area contributed by atoms with Gasteiger partial charge in [-0.3, -0.25) is 0 Å². The van der Waals surface area contributed by atoms with Crippen LogP contribution in [0.25, 0.3) is 0 Å². The molecule has 1 atom stereocenters. The molecule has 86 valence electrons. The molecule has 0 radical (unpaired) electrons. The van der Waals surface area contributed by atoms with Gasteiger partial charge in [0.05, 0.1) is 11.5 Å². The molecule has 0 aromatic carbocycles. The van der Waals surface area contributed by atoms with Crippen LogP contribution in [0, 0.1) is 16.7 Å². The van der Waals surface area contributed by atoms with Crippen molar-refractivity contribution in [1.82, 2.24) is 10.2 Å². The Kier molecular flexibility index (Phi) is 4.56. The van der Waals surface area contributed by atoms with Gasteiger partial charge in [-0.1, -0.05) is 0 Å². The lowest BCUT2D eigenvalue weighted by Gasteiger charge is -2.32. The fourth-order valence-electron chi connectivity index (χ4n) is 2.02. The molecule has 1 rings (SSSR count). The van der Waals surface area contributed by atoms with Crippen LogP contribution < -0.4 is 5.32 Å². The Balaban J connectivity index is 2.18. The molecule has 0 amide bonds. The Bertz CT molecular complexity index is 230. The van der Waals surface area contributed by atoms with Crippen molar-refractivity contribution >= 4 is 0 Å². The first-order valence-electron chi connectivity index (χ1n) is 5.90. The van der Waals surface area contributed by atoms with Crippen molar-refractivity contribution in [2.75, 3.05) is 26.2 Å². The number of nitrogens with zero attached hydrogens (tertiary/aromatic N) is 2. The van der Waals surface area contributed by atoms with Crippen molar-refractivity contribution in [3.05, 3.63) is 0 Å². The van der Waals surface area contributed by atoms with Gasteiger partial charge in [-0.15, -0.1) is 0 Å². The summed E-state index contributed by atoms with van der Waals surface area (Å²) in [5.41, 5.74) is -0.153. The molecule has 0 saturated carbocycles. The van der Waals surface area contributed by atoms with Crippen LogP contribution in [0.15, 0.2) is 0 Å². The minimum Gasteiger partial charge on any atom is -0.312 e. The highest BCUT2D eigenvalue weighted by Crippen LogP contribution is 2.20. The summed E-state index contributed by atoms with van der Waals surface area (Å²) in [6.07, 6.45) is 2.13. The van der Waals surface area contributed by atoms with Crippen molar-refractivity contribution in [3.63, 3.8) is 0 Å². The summed E-state index contributed by atoms with van der Waals surface area (Å²) in [7, 11) is 0. The van der Waals surface area contributed by atoms with E-state index in [1.165, 1.54) is 0 Å². The van der Waals surface area contributed by atoms with E-state index in [1.807, 2.05) is 13.8 Å². The Labute approximate surface area is 93.5 Å².